The molecule has 0 radical (unpaired) electrons. The van der Waals surface area contributed by atoms with E-state index >= 15 is 0 Å². The normalized spacial score (nSPS) is 30.5. The van der Waals surface area contributed by atoms with Gasteiger partial charge in [-0.1, -0.05) is 6.42 Å². The molecule has 3 fully saturated rings. The number of piperazine rings is 1. The van der Waals surface area contributed by atoms with Crippen LogP contribution in [-0.2, 0) is 10.0 Å². The fourth-order valence-electron chi connectivity index (χ4n) is 3.28. The predicted molar refractivity (Wildman–Crippen MR) is 80.2 cm³/mol. The first kappa shape index (κ1) is 14.8. The van der Waals surface area contributed by atoms with Crippen molar-refractivity contribution in [2.45, 2.75) is 38.1 Å². The van der Waals surface area contributed by atoms with E-state index in [1.807, 2.05) is 0 Å². The lowest BCUT2D eigenvalue weighted by Gasteiger charge is -2.35. The van der Waals surface area contributed by atoms with Gasteiger partial charge in [0.1, 0.15) is 0 Å². The molecule has 0 aromatic heterocycles. The van der Waals surface area contributed by atoms with Gasteiger partial charge in [-0.3, -0.25) is 0 Å². The van der Waals surface area contributed by atoms with Crippen LogP contribution in [0.5, 0.6) is 0 Å². The molecule has 20 heavy (non-hydrogen) atoms. The molecule has 3 rings (SSSR count). The van der Waals surface area contributed by atoms with E-state index in [-0.39, 0.29) is 11.8 Å². The first-order valence-electron chi connectivity index (χ1n) is 8.07. The standard InChI is InChI=1S/C14H27N3O2S/c18-20(19,12-14-3-1-2-6-15-14)17-9-7-16(8-10-17)11-13-4-5-13/h13-15H,1-12H2. The second kappa shape index (κ2) is 6.30. The van der Waals surface area contributed by atoms with Crippen LogP contribution in [-0.4, -0.2) is 68.7 Å². The van der Waals surface area contributed by atoms with Gasteiger partial charge in [0.15, 0.2) is 0 Å². The van der Waals surface area contributed by atoms with Crippen molar-refractivity contribution in [3.8, 4) is 0 Å². The van der Waals surface area contributed by atoms with Gasteiger partial charge in [-0.25, -0.2) is 8.42 Å². The summed E-state index contributed by atoms with van der Waals surface area (Å²) in [6.07, 6.45) is 6.07. The molecule has 2 saturated heterocycles. The molecule has 3 aliphatic rings. The zero-order chi connectivity index (χ0) is 14.0. The van der Waals surface area contributed by atoms with E-state index in [4.69, 9.17) is 0 Å². The number of hydrogen-bond acceptors (Lipinski definition) is 4. The number of piperidine rings is 1. The van der Waals surface area contributed by atoms with Crippen molar-refractivity contribution in [2.75, 3.05) is 45.0 Å². The second-order valence-electron chi connectivity index (χ2n) is 6.57. The molecule has 1 aliphatic carbocycles. The predicted octanol–water partition coefficient (Wildman–Crippen LogP) is 0.486. The fourth-order valence-corrected chi connectivity index (χ4v) is 5.01. The van der Waals surface area contributed by atoms with Gasteiger partial charge in [0.2, 0.25) is 10.0 Å². The van der Waals surface area contributed by atoms with E-state index in [0.717, 1.165) is 38.4 Å². The Morgan fingerprint density at radius 2 is 1.75 bits per heavy atom. The molecule has 2 aliphatic heterocycles. The van der Waals surface area contributed by atoms with Crippen molar-refractivity contribution < 1.29 is 8.42 Å². The summed E-state index contributed by atoms with van der Waals surface area (Å²) >= 11 is 0. The SMILES string of the molecule is O=S(=O)(CC1CCCCN1)N1CCN(CC2CC2)CC1. The van der Waals surface area contributed by atoms with Crippen LogP contribution in [0.25, 0.3) is 0 Å². The van der Waals surface area contributed by atoms with Crippen LogP contribution in [0.1, 0.15) is 32.1 Å². The van der Waals surface area contributed by atoms with Gasteiger partial charge in [-0.2, -0.15) is 4.31 Å². The van der Waals surface area contributed by atoms with E-state index in [1.165, 1.54) is 25.8 Å². The zero-order valence-electron chi connectivity index (χ0n) is 12.3. The van der Waals surface area contributed by atoms with Crippen LogP contribution in [0, 0.1) is 5.92 Å². The molecule has 0 aromatic rings. The zero-order valence-corrected chi connectivity index (χ0v) is 13.1. The molecule has 0 aromatic carbocycles. The van der Waals surface area contributed by atoms with E-state index in [0.29, 0.717) is 13.1 Å². The van der Waals surface area contributed by atoms with Crippen molar-refractivity contribution >= 4 is 10.0 Å². The Labute approximate surface area is 122 Å². The molecule has 6 heteroatoms. The molecule has 2 heterocycles. The minimum atomic E-state index is -3.08. The van der Waals surface area contributed by atoms with E-state index < -0.39 is 10.0 Å². The summed E-state index contributed by atoms with van der Waals surface area (Å²) in [4.78, 5) is 2.43. The number of hydrogen-bond donors (Lipinski definition) is 1. The van der Waals surface area contributed by atoms with E-state index in [9.17, 15) is 8.42 Å². The highest BCUT2D eigenvalue weighted by molar-refractivity contribution is 7.89. The lowest BCUT2D eigenvalue weighted by Crippen LogP contribution is -2.52. The molecule has 1 atom stereocenters. The molecule has 5 nitrogen and oxygen atoms in total. The summed E-state index contributed by atoms with van der Waals surface area (Å²) in [6, 6.07) is 0.165. The van der Waals surface area contributed by atoms with Crippen LogP contribution in [0.4, 0.5) is 0 Å². The largest absolute Gasteiger partial charge is 0.313 e. The van der Waals surface area contributed by atoms with Crippen molar-refractivity contribution in [3.63, 3.8) is 0 Å². The molecule has 1 N–H and O–H groups in total. The van der Waals surface area contributed by atoms with Gasteiger partial charge in [0.05, 0.1) is 5.75 Å². The van der Waals surface area contributed by atoms with Gasteiger partial charge >= 0.3 is 0 Å². The number of rotatable bonds is 5. The third-order valence-electron chi connectivity index (χ3n) is 4.76. The van der Waals surface area contributed by atoms with Crippen molar-refractivity contribution in [1.82, 2.24) is 14.5 Å². The highest BCUT2D eigenvalue weighted by Gasteiger charge is 2.31. The molecule has 0 bridgehead atoms. The van der Waals surface area contributed by atoms with Gasteiger partial charge in [0, 0.05) is 38.8 Å². The Kier molecular flexibility index (Phi) is 4.65. The van der Waals surface area contributed by atoms with Crippen molar-refractivity contribution in [3.05, 3.63) is 0 Å². The first-order valence-corrected chi connectivity index (χ1v) is 9.68. The summed E-state index contributed by atoms with van der Waals surface area (Å²) in [5, 5.41) is 3.34. The quantitative estimate of drug-likeness (QED) is 0.803. The van der Waals surface area contributed by atoms with Crippen molar-refractivity contribution in [1.29, 1.82) is 0 Å². The van der Waals surface area contributed by atoms with E-state index in [2.05, 4.69) is 10.2 Å². The minimum absolute atomic E-state index is 0.165. The third-order valence-corrected chi connectivity index (χ3v) is 6.74. The summed E-state index contributed by atoms with van der Waals surface area (Å²) in [7, 11) is -3.08. The smallest absolute Gasteiger partial charge is 0.215 e. The Morgan fingerprint density at radius 3 is 2.35 bits per heavy atom. The fraction of sp³-hybridized carbons (Fsp3) is 1.00. The Bertz CT molecular complexity index is 408. The lowest BCUT2D eigenvalue weighted by atomic mass is 10.1. The topological polar surface area (TPSA) is 52.7 Å². The average molecular weight is 301 g/mol. The molecule has 0 amide bonds. The Hall–Kier alpha value is -0.170. The summed E-state index contributed by atoms with van der Waals surface area (Å²) in [6.45, 7) is 5.33. The van der Waals surface area contributed by atoms with Crippen molar-refractivity contribution in [2.24, 2.45) is 5.92 Å². The maximum atomic E-state index is 12.5. The lowest BCUT2D eigenvalue weighted by molar-refractivity contribution is 0.182. The summed E-state index contributed by atoms with van der Waals surface area (Å²) in [5.41, 5.74) is 0. The van der Waals surface area contributed by atoms with Crippen LogP contribution in [0.2, 0.25) is 0 Å². The Balaban J connectivity index is 1.47. The molecule has 116 valence electrons. The van der Waals surface area contributed by atoms with Crippen LogP contribution in [0.3, 0.4) is 0 Å². The summed E-state index contributed by atoms with van der Waals surface area (Å²) < 4.78 is 26.6. The maximum absolute atomic E-state index is 12.5. The van der Waals surface area contributed by atoms with Gasteiger partial charge in [-0.15, -0.1) is 0 Å². The number of sulfonamides is 1. The molecule has 0 spiro atoms. The maximum Gasteiger partial charge on any atom is 0.215 e. The molecule has 1 saturated carbocycles. The molecular formula is C14H27N3O2S. The van der Waals surface area contributed by atoms with Crippen LogP contribution >= 0.6 is 0 Å². The van der Waals surface area contributed by atoms with Crippen LogP contribution < -0.4 is 5.32 Å². The second-order valence-corrected chi connectivity index (χ2v) is 8.58. The van der Waals surface area contributed by atoms with Gasteiger partial charge < -0.3 is 10.2 Å². The summed E-state index contributed by atoms with van der Waals surface area (Å²) in [5.74, 6) is 1.18. The van der Waals surface area contributed by atoms with Gasteiger partial charge in [0.25, 0.3) is 0 Å². The van der Waals surface area contributed by atoms with Crippen LogP contribution in [0.15, 0.2) is 0 Å². The van der Waals surface area contributed by atoms with E-state index in [1.54, 1.807) is 4.31 Å². The minimum Gasteiger partial charge on any atom is -0.313 e. The third kappa shape index (κ3) is 3.93. The Morgan fingerprint density at radius 1 is 1.00 bits per heavy atom. The highest BCUT2D eigenvalue weighted by atomic mass is 32.2. The first-order chi connectivity index (χ1) is 9.63. The average Bonchev–Trinajstić information content (AvgIpc) is 3.24. The number of nitrogens with zero attached hydrogens (tertiary/aromatic N) is 2. The highest BCUT2D eigenvalue weighted by Crippen LogP contribution is 2.30. The molecule has 1 unspecified atom stereocenters. The molecular weight excluding hydrogens is 274 g/mol. The van der Waals surface area contributed by atoms with Gasteiger partial charge in [-0.05, 0) is 38.1 Å². The number of nitrogens with one attached hydrogen (secondary N) is 1. The monoisotopic (exact) mass is 301 g/mol.